The number of aliphatic hydroxyl groups excluding tert-OH is 1. The van der Waals surface area contributed by atoms with Crippen LogP contribution >= 0.6 is 0 Å². The fourth-order valence-electron chi connectivity index (χ4n) is 1.49. The number of ether oxygens (including phenoxy) is 1. The summed E-state index contributed by atoms with van der Waals surface area (Å²) in [6, 6.07) is 7.71. The Morgan fingerprint density at radius 2 is 1.93 bits per heavy atom. The number of rotatable bonds is 5. The molecule has 84 valence electrons. The minimum atomic E-state index is -0.504. The van der Waals surface area contributed by atoms with Crippen molar-refractivity contribution in [1.29, 1.82) is 0 Å². The van der Waals surface area contributed by atoms with Gasteiger partial charge in [0.15, 0.2) is 0 Å². The summed E-state index contributed by atoms with van der Waals surface area (Å²) in [6.07, 6.45) is 0.0208. The zero-order valence-electron chi connectivity index (χ0n) is 9.31. The van der Waals surface area contributed by atoms with Gasteiger partial charge in [-0.1, -0.05) is 29.8 Å². The molecule has 2 atom stereocenters. The molecule has 0 saturated heterocycles. The second kappa shape index (κ2) is 5.85. The maximum Gasteiger partial charge on any atom is 0.0805 e. The molecule has 0 aromatic heterocycles. The van der Waals surface area contributed by atoms with Crippen LogP contribution in [0.5, 0.6) is 0 Å². The van der Waals surface area contributed by atoms with Crippen LogP contribution < -0.4 is 5.73 Å². The number of methoxy groups -OCH3 is 1. The molecule has 0 fully saturated rings. The lowest BCUT2D eigenvalue weighted by Crippen LogP contribution is -2.27. The Bertz CT molecular complexity index is 284. The highest BCUT2D eigenvalue weighted by Gasteiger charge is 2.12. The smallest absolute Gasteiger partial charge is 0.0805 e. The molecule has 0 aliphatic carbocycles. The van der Waals surface area contributed by atoms with E-state index in [1.165, 1.54) is 5.56 Å². The highest BCUT2D eigenvalue weighted by Crippen LogP contribution is 2.18. The van der Waals surface area contributed by atoms with E-state index in [0.29, 0.717) is 13.0 Å². The molecule has 0 bridgehead atoms. The summed E-state index contributed by atoms with van der Waals surface area (Å²) in [7, 11) is 1.61. The van der Waals surface area contributed by atoms with Crippen molar-refractivity contribution in [3.8, 4) is 0 Å². The second-order valence-electron chi connectivity index (χ2n) is 3.88. The van der Waals surface area contributed by atoms with E-state index in [-0.39, 0.29) is 6.04 Å². The van der Waals surface area contributed by atoms with E-state index in [4.69, 9.17) is 10.5 Å². The molecule has 3 nitrogen and oxygen atoms in total. The van der Waals surface area contributed by atoms with Gasteiger partial charge in [0.05, 0.1) is 12.7 Å². The van der Waals surface area contributed by atoms with Gasteiger partial charge in [0.2, 0.25) is 0 Å². The van der Waals surface area contributed by atoms with Crippen molar-refractivity contribution in [3.05, 3.63) is 35.4 Å². The van der Waals surface area contributed by atoms with Gasteiger partial charge in [0, 0.05) is 13.2 Å². The second-order valence-corrected chi connectivity index (χ2v) is 3.88. The molecule has 0 heterocycles. The molecule has 1 aromatic carbocycles. The van der Waals surface area contributed by atoms with Crippen molar-refractivity contribution in [2.45, 2.75) is 25.5 Å². The van der Waals surface area contributed by atoms with Crippen molar-refractivity contribution in [3.63, 3.8) is 0 Å². The monoisotopic (exact) mass is 209 g/mol. The van der Waals surface area contributed by atoms with Crippen molar-refractivity contribution in [2.24, 2.45) is 5.73 Å². The number of benzene rings is 1. The van der Waals surface area contributed by atoms with Gasteiger partial charge < -0.3 is 15.6 Å². The molecule has 0 aliphatic heterocycles. The normalized spacial score (nSPS) is 14.9. The van der Waals surface area contributed by atoms with Crippen LogP contribution in [0.4, 0.5) is 0 Å². The molecule has 0 saturated carbocycles. The summed E-state index contributed by atoms with van der Waals surface area (Å²) >= 11 is 0. The summed E-state index contributed by atoms with van der Waals surface area (Å²) < 4.78 is 4.92. The number of hydrogen-bond acceptors (Lipinski definition) is 3. The van der Waals surface area contributed by atoms with Crippen LogP contribution in [-0.4, -0.2) is 24.9 Å². The van der Waals surface area contributed by atoms with Crippen LogP contribution in [0.3, 0.4) is 0 Å². The highest BCUT2D eigenvalue weighted by atomic mass is 16.5. The zero-order valence-corrected chi connectivity index (χ0v) is 9.31. The Labute approximate surface area is 90.9 Å². The number of aliphatic hydroxyl groups is 1. The first kappa shape index (κ1) is 12.2. The highest BCUT2D eigenvalue weighted by molar-refractivity contribution is 5.23. The first-order valence-electron chi connectivity index (χ1n) is 5.12. The maximum atomic E-state index is 9.87. The van der Waals surface area contributed by atoms with E-state index in [2.05, 4.69) is 0 Å². The van der Waals surface area contributed by atoms with Crippen molar-refractivity contribution >= 4 is 0 Å². The Kier molecular flexibility index (Phi) is 4.75. The molecule has 1 rings (SSSR count). The first-order chi connectivity index (χ1) is 7.13. The molecule has 15 heavy (non-hydrogen) atoms. The topological polar surface area (TPSA) is 55.5 Å². The molecule has 3 heteroatoms. The van der Waals surface area contributed by atoms with Gasteiger partial charge >= 0.3 is 0 Å². The first-order valence-corrected chi connectivity index (χ1v) is 5.12. The van der Waals surface area contributed by atoms with E-state index in [9.17, 15) is 5.11 Å². The molecular weight excluding hydrogens is 190 g/mol. The third kappa shape index (κ3) is 4.00. The molecule has 0 aliphatic rings. The van der Waals surface area contributed by atoms with Gasteiger partial charge in [-0.15, -0.1) is 0 Å². The van der Waals surface area contributed by atoms with Gasteiger partial charge in [-0.05, 0) is 18.9 Å². The quantitative estimate of drug-likeness (QED) is 0.770. The lowest BCUT2D eigenvalue weighted by molar-refractivity contribution is 0.122. The van der Waals surface area contributed by atoms with E-state index < -0.39 is 6.10 Å². The average Bonchev–Trinajstić information content (AvgIpc) is 2.18. The van der Waals surface area contributed by atoms with Gasteiger partial charge in [-0.3, -0.25) is 0 Å². The number of hydrogen-bond donors (Lipinski definition) is 2. The summed E-state index contributed by atoms with van der Waals surface area (Å²) in [6.45, 7) is 2.50. The summed E-state index contributed by atoms with van der Waals surface area (Å²) in [4.78, 5) is 0. The molecule has 0 radical (unpaired) electrons. The standard InChI is InChI=1S/C12H19NO2/c1-9-3-5-10(6-4-9)12(14)7-11(13)8-15-2/h3-6,11-12,14H,7-8,13H2,1-2H3. The van der Waals surface area contributed by atoms with E-state index in [1.807, 2.05) is 31.2 Å². The molecule has 1 aromatic rings. The van der Waals surface area contributed by atoms with Gasteiger partial charge in [-0.25, -0.2) is 0 Å². The summed E-state index contributed by atoms with van der Waals surface area (Å²) in [5.41, 5.74) is 7.86. The SMILES string of the molecule is COCC(N)CC(O)c1ccc(C)cc1. The fraction of sp³-hybridized carbons (Fsp3) is 0.500. The van der Waals surface area contributed by atoms with E-state index >= 15 is 0 Å². The van der Waals surface area contributed by atoms with Crippen LogP contribution in [0.15, 0.2) is 24.3 Å². The van der Waals surface area contributed by atoms with E-state index in [1.54, 1.807) is 7.11 Å². The Morgan fingerprint density at radius 3 is 2.47 bits per heavy atom. The van der Waals surface area contributed by atoms with Crippen LogP contribution in [0.2, 0.25) is 0 Å². The van der Waals surface area contributed by atoms with Crippen LogP contribution in [0.25, 0.3) is 0 Å². The Morgan fingerprint density at radius 1 is 1.33 bits per heavy atom. The van der Waals surface area contributed by atoms with Crippen LogP contribution in [-0.2, 0) is 4.74 Å². The number of aryl methyl sites for hydroxylation is 1. The summed E-state index contributed by atoms with van der Waals surface area (Å²) in [5.74, 6) is 0. The van der Waals surface area contributed by atoms with Gasteiger partial charge in [-0.2, -0.15) is 0 Å². The Hall–Kier alpha value is -0.900. The predicted octanol–water partition coefficient (Wildman–Crippen LogP) is 1.39. The Balaban J connectivity index is 2.53. The van der Waals surface area contributed by atoms with E-state index in [0.717, 1.165) is 5.56 Å². The van der Waals surface area contributed by atoms with Crippen molar-refractivity contribution in [2.75, 3.05) is 13.7 Å². The summed E-state index contributed by atoms with van der Waals surface area (Å²) in [5, 5.41) is 9.87. The van der Waals surface area contributed by atoms with Crippen LogP contribution in [0, 0.1) is 6.92 Å². The molecule has 3 N–H and O–H groups in total. The molecule has 2 unspecified atom stereocenters. The fourth-order valence-corrected chi connectivity index (χ4v) is 1.49. The van der Waals surface area contributed by atoms with Crippen molar-refractivity contribution < 1.29 is 9.84 Å². The lowest BCUT2D eigenvalue weighted by Gasteiger charge is -2.16. The maximum absolute atomic E-state index is 9.87. The number of nitrogens with two attached hydrogens (primary N) is 1. The molecule has 0 amide bonds. The lowest BCUT2D eigenvalue weighted by atomic mass is 10.0. The molecule has 0 spiro atoms. The van der Waals surface area contributed by atoms with Crippen LogP contribution in [0.1, 0.15) is 23.7 Å². The minimum Gasteiger partial charge on any atom is -0.388 e. The predicted molar refractivity (Wildman–Crippen MR) is 60.6 cm³/mol. The zero-order chi connectivity index (χ0) is 11.3. The average molecular weight is 209 g/mol. The van der Waals surface area contributed by atoms with Gasteiger partial charge in [0.25, 0.3) is 0 Å². The van der Waals surface area contributed by atoms with Gasteiger partial charge in [0.1, 0.15) is 0 Å². The minimum absolute atomic E-state index is 0.119. The largest absolute Gasteiger partial charge is 0.388 e. The molecular formula is C12H19NO2. The third-order valence-electron chi connectivity index (χ3n) is 2.37. The third-order valence-corrected chi connectivity index (χ3v) is 2.37. The van der Waals surface area contributed by atoms with Crippen molar-refractivity contribution in [1.82, 2.24) is 0 Å².